The number of anilines is 2. The molecule has 2 heterocycles. The molecule has 0 fully saturated rings. The molecule has 1 aliphatic heterocycles. The van der Waals surface area contributed by atoms with E-state index in [9.17, 15) is 0 Å². The normalized spacial score (nSPS) is 14.5. The van der Waals surface area contributed by atoms with Crippen molar-refractivity contribution in [2.45, 2.75) is 19.4 Å². The van der Waals surface area contributed by atoms with Gasteiger partial charge in [-0.25, -0.2) is 0 Å². The molecule has 0 saturated heterocycles. The molecule has 0 saturated carbocycles. The Morgan fingerprint density at radius 2 is 0.980 bits per heavy atom. The minimum absolute atomic E-state index is 0.132. The number of rotatable bonds is 5. The zero-order valence-corrected chi connectivity index (χ0v) is 28.7. The van der Waals surface area contributed by atoms with Crippen molar-refractivity contribution in [2.24, 2.45) is 0 Å². The summed E-state index contributed by atoms with van der Waals surface area (Å²) < 4.78 is 2.40. The van der Waals surface area contributed by atoms with Gasteiger partial charge in [-0.1, -0.05) is 133 Å². The fraction of sp³-hybridized carbons (Fsp3) is 0.0612. The van der Waals surface area contributed by atoms with Crippen molar-refractivity contribution >= 4 is 38.8 Å². The van der Waals surface area contributed by atoms with Gasteiger partial charge in [0.05, 0.1) is 11.0 Å². The van der Waals surface area contributed by atoms with Crippen molar-refractivity contribution < 1.29 is 0 Å². The number of fused-ring (bicyclic) bond motifs is 4. The Kier molecular flexibility index (Phi) is 7.91. The van der Waals surface area contributed by atoms with Crippen molar-refractivity contribution in [1.29, 1.82) is 0 Å². The van der Waals surface area contributed by atoms with E-state index in [0.717, 1.165) is 6.42 Å². The summed E-state index contributed by atoms with van der Waals surface area (Å²) in [6.07, 6.45) is 7.91. The van der Waals surface area contributed by atoms with E-state index >= 15 is 0 Å². The van der Waals surface area contributed by atoms with Gasteiger partial charge in [0.2, 0.25) is 0 Å². The molecule has 9 rings (SSSR count). The van der Waals surface area contributed by atoms with E-state index in [4.69, 9.17) is 0 Å². The molecule has 7 aromatic carbocycles. The summed E-state index contributed by atoms with van der Waals surface area (Å²) in [7, 11) is 0. The van der Waals surface area contributed by atoms with Gasteiger partial charge in [0.1, 0.15) is 0 Å². The first-order valence-electron chi connectivity index (χ1n) is 17.8. The first kappa shape index (κ1) is 30.7. The Morgan fingerprint density at radius 3 is 1.61 bits per heavy atom. The Morgan fingerprint density at radius 1 is 0.471 bits per heavy atom. The van der Waals surface area contributed by atoms with Gasteiger partial charge in [0.25, 0.3) is 0 Å². The van der Waals surface area contributed by atoms with E-state index < -0.39 is 0 Å². The molecule has 8 aromatic rings. The Balaban J connectivity index is 1.21. The molecule has 0 N–H and O–H groups in total. The maximum Gasteiger partial charge on any atom is 0.0541 e. The highest BCUT2D eigenvalue weighted by Gasteiger charge is 2.21. The van der Waals surface area contributed by atoms with Gasteiger partial charge in [-0.3, -0.25) is 0 Å². The lowest BCUT2D eigenvalue weighted by atomic mass is 9.97. The van der Waals surface area contributed by atoms with E-state index in [1.807, 2.05) is 0 Å². The van der Waals surface area contributed by atoms with Crippen LogP contribution in [0.2, 0.25) is 0 Å². The molecule has 2 heteroatoms. The minimum Gasteiger partial charge on any atom is -0.335 e. The minimum atomic E-state index is 0.132. The number of aromatic nitrogens is 1. The van der Waals surface area contributed by atoms with Crippen molar-refractivity contribution in [3.63, 3.8) is 0 Å². The lowest BCUT2D eigenvalue weighted by Crippen LogP contribution is -2.27. The molecule has 0 spiro atoms. The standard InChI is InChI=1S/C49H38N2/c1-35-22-23-38(24-25-42-32-39(36-14-6-2-7-15-36)26-29-47(42)50(35)43-18-10-4-11-19-43)41-28-31-49-46(34-41)45-33-40(37-16-8-3-9-17-37)27-30-48(45)51(49)44-20-12-5-13-21-44/h2-24,26-35H,25H2,1H3. The Bertz CT molecular complexity index is 2540. The van der Waals surface area contributed by atoms with Gasteiger partial charge in [0.15, 0.2) is 0 Å². The van der Waals surface area contributed by atoms with Crippen LogP contribution in [0.25, 0.3) is 55.3 Å². The number of allylic oxidation sites excluding steroid dienone is 3. The van der Waals surface area contributed by atoms with Gasteiger partial charge < -0.3 is 9.47 Å². The summed E-state index contributed by atoms with van der Waals surface area (Å²) >= 11 is 0. The molecular formula is C49H38N2. The largest absolute Gasteiger partial charge is 0.335 e. The molecule has 0 bridgehead atoms. The molecule has 0 aliphatic carbocycles. The van der Waals surface area contributed by atoms with Crippen LogP contribution in [0.3, 0.4) is 0 Å². The molecular weight excluding hydrogens is 617 g/mol. The second-order valence-corrected chi connectivity index (χ2v) is 13.4. The van der Waals surface area contributed by atoms with Crippen LogP contribution in [-0.2, 0) is 6.42 Å². The van der Waals surface area contributed by atoms with E-state index in [0.29, 0.717) is 0 Å². The SMILES string of the molecule is CC1C=CC(c2ccc3c(c2)c2cc(-c4ccccc4)ccc2n3-c2ccccc2)=CCc2cc(-c3ccccc3)ccc2N1c1ccccc1. The van der Waals surface area contributed by atoms with Crippen molar-refractivity contribution in [3.05, 3.63) is 205 Å². The van der Waals surface area contributed by atoms with Crippen LogP contribution in [0.5, 0.6) is 0 Å². The molecule has 51 heavy (non-hydrogen) atoms. The van der Waals surface area contributed by atoms with Crippen LogP contribution in [0.1, 0.15) is 18.1 Å². The van der Waals surface area contributed by atoms with Crippen LogP contribution in [0.15, 0.2) is 194 Å². The highest BCUT2D eigenvalue weighted by atomic mass is 15.2. The quantitative estimate of drug-likeness (QED) is 0.179. The Labute approximate surface area is 299 Å². The average Bonchev–Trinajstić information content (AvgIpc) is 3.55. The number of hydrogen-bond acceptors (Lipinski definition) is 1. The lowest BCUT2D eigenvalue weighted by Gasteiger charge is -2.31. The van der Waals surface area contributed by atoms with Crippen LogP contribution >= 0.6 is 0 Å². The number of benzene rings is 7. The van der Waals surface area contributed by atoms with Gasteiger partial charge in [-0.05, 0) is 113 Å². The van der Waals surface area contributed by atoms with Crippen molar-refractivity contribution in [2.75, 3.05) is 4.90 Å². The summed E-state index contributed by atoms with van der Waals surface area (Å²) in [6, 6.07) is 63.9. The monoisotopic (exact) mass is 654 g/mol. The second-order valence-electron chi connectivity index (χ2n) is 13.4. The summed E-state index contributed by atoms with van der Waals surface area (Å²) in [5.74, 6) is 0. The van der Waals surface area contributed by atoms with Gasteiger partial charge in [-0.2, -0.15) is 0 Å². The van der Waals surface area contributed by atoms with Crippen LogP contribution < -0.4 is 4.90 Å². The third kappa shape index (κ3) is 5.75. The smallest absolute Gasteiger partial charge is 0.0541 e. The van der Waals surface area contributed by atoms with Crippen LogP contribution in [0.4, 0.5) is 11.4 Å². The first-order chi connectivity index (χ1) is 25.2. The van der Waals surface area contributed by atoms with E-state index in [1.54, 1.807) is 0 Å². The average molecular weight is 655 g/mol. The summed E-state index contributed by atoms with van der Waals surface area (Å²) in [5, 5.41) is 2.51. The number of hydrogen-bond donors (Lipinski definition) is 0. The fourth-order valence-corrected chi connectivity index (χ4v) is 7.68. The van der Waals surface area contributed by atoms with E-state index in [2.05, 4.69) is 211 Å². The van der Waals surface area contributed by atoms with Crippen LogP contribution in [0, 0.1) is 0 Å². The zero-order valence-electron chi connectivity index (χ0n) is 28.7. The predicted octanol–water partition coefficient (Wildman–Crippen LogP) is 12.8. The topological polar surface area (TPSA) is 8.17 Å². The van der Waals surface area contributed by atoms with Crippen LogP contribution in [-0.4, -0.2) is 10.6 Å². The lowest BCUT2D eigenvalue weighted by molar-refractivity contribution is 0.860. The second kappa shape index (κ2) is 13.2. The number of para-hydroxylation sites is 2. The molecule has 1 atom stereocenters. The van der Waals surface area contributed by atoms with Gasteiger partial charge in [0, 0.05) is 33.9 Å². The first-order valence-corrected chi connectivity index (χ1v) is 17.8. The van der Waals surface area contributed by atoms with E-state index in [1.165, 1.54) is 77.8 Å². The zero-order chi connectivity index (χ0) is 34.1. The summed E-state index contributed by atoms with van der Waals surface area (Å²) in [5.41, 5.74) is 14.7. The fourth-order valence-electron chi connectivity index (χ4n) is 7.68. The molecule has 1 aliphatic rings. The van der Waals surface area contributed by atoms with Crippen molar-refractivity contribution in [1.82, 2.24) is 4.57 Å². The maximum absolute atomic E-state index is 2.47. The highest BCUT2D eigenvalue weighted by Crippen LogP contribution is 2.39. The molecule has 1 aromatic heterocycles. The number of nitrogens with zero attached hydrogens (tertiary/aromatic N) is 2. The third-order valence-corrected chi connectivity index (χ3v) is 10.2. The van der Waals surface area contributed by atoms with Gasteiger partial charge >= 0.3 is 0 Å². The summed E-state index contributed by atoms with van der Waals surface area (Å²) in [4.78, 5) is 2.47. The third-order valence-electron chi connectivity index (χ3n) is 10.2. The maximum atomic E-state index is 2.47. The van der Waals surface area contributed by atoms with Crippen molar-refractivity contribution in [3.8, 4) is 27.9 Å². The predicted molar refractivity (Wildman–Crippen MR) is 217 cm³/mol. The molecule has 0 radical (unpaired) electrons. The highest BCUT2D eigenvalue weighted by molar-refractivity contribution is 6.11. The Hall–Kier alpha value is -6.38. The molecule has 2 nitrogen and oxygen atoms in total. The molecule has 0 amide bonds. The van der Waals surface area contributed by atoms with E-state index in [-0.39, 0.29) is 6.04 Å². The molecule has 244 valence electrons. The van der Waals surface area contributed by atoms with Gasteiger partial charge in [-0.15, -0.1) is 0 Å². The summed E-state index contributed by atoms with van der Waals surface area (Å²) in [6.45, 7) is 2.29. The molecule has 1 unspecified atom stereocenters.